The van der Waals surface area contributed by atoms with Crippen molar-refractivity contribution in [3.05, 3.63) is 11.6 Å². The second-order valence-electron chi connectivity index (χ2n) is 15.5. The van der Waals surface area contributed by atoms with E-state index in [-0.39, 0.29) is 39.8 Å². The fourth-order valence-electron chi connectivity index (χ4n) is 11.8. The number of aliphatic hydroxyl groups excluding tert-OH is 2. The number of aliphatic hydroxyl groups is 3. The molecule has 35 heavy (non-hydrogen) atoms. The first-order chi connectivity index (χ1) is 16.1. The van der Waals surface area contributed by atoms with Gasteiger partial charge in [-0.2, -0.15) is 0 Å². The molecule has 5 aliphatic carbocycles. The van der Waals surface area contributed by atoms with Crippen LogP contribution >= 0.6 is 0 Å². The van der Waals surface area contributed by atoms with Gasteiger partial charge in [0.15, 0.2) is 5.79 Å². The van der Waals surface area contributed by atoms with Gasteiger partial charge in [-0.25, -0.2) is 0 Å². The molecule has 3 N–H and O–H groups in total. The first-order valence-corrected chi connectivity index (χ1v) is 14.3. The van der Waals surface area contributed by atoms with E-state index in [1.165, 1.54) is 12.0 Å². The highest BCUT2D eigenvalue weighted by atomic mass is 16.8. The second kappa shape index (κ2) is 6.22. The van der Waals surface area contributed by atoms with E-state index in [1.807, 2.05) is 13.8 Å². The Morgan fingerprint density at radius 1 is 1.03 bits per heavy atom. The van der Waals surface area contributed by atoms with Crippen LogP contribution in [0.5, 0.6) is 0 Å². The van der Waals surface area contributed by atoms with Gasteiger partial charge >= 0.3 is 0 Å². The Bertz CT molecular complexity index is 1010. The Labute approximate surface area is 210 Å². The van der Waals surface area contributed by atoms with Crippen LogP contribution in [0.15, 0.2) is 11.6 Å². The van der Waals surface area contributed by atoms with Crippen molar-refractivity contribution in [3.8, 4) is 0 Å². The normalized spacial score (nSPS) is 61.7. The Hall–Kier alpha value is -0.460. The third kappa shape index (κ3) is 2.26. The molecule has 6 fully saturated rings. The number of allylic oxidation sites excluding steroid dienone is 1. The van der Waals surface area contributed by atoms with Crippen LogP contribution in [0.2, 0.25) is 0 Å². The quantitative estimate of drug-likeness (QED) is 0.473. The summed E-state index contributed by atoms with van der Waals surface area (Å²) in [6.45, 7) is 15.2. The second-order valence-corrected chi connectivity index (χ2v) is 15.5. The average Bonchev–Trinajstić information content (AvgIpc) is 3.28. The van der Waals surface area contributed by atoms with E-state index >= 15 is 0 Å². The van der Waals surface area contributed by atoms with E-state index < -0.39 is 29.0 Å². The lowest BCUT2D eigenvalue weighted by Crippen LogP contribution is -2.55. The van der Waals surface area contributed by atoms with E-state index in [1.54, 1.807) is 0 Å². The number of rotatable bonds is 1. The van der Waals surface area contributed by atoms with Crippen LogP contribution < -0.4 is 0 Å². The van der Waals surface area contributed by atoms with Crippen LogP contribution in [0.3, 0.4) is 0 Å². The average molecular weight is 487 g/mol. The highest BCUT2D eigenvalue weighted by Crippen LogP contribution is 2.89. The summed E-state index contributed by atoms with van der Waals surface area (Å²) >= 11 is 0. The van der Waals surface area contributed by atoms with Crippen LogP contribution in [0.4, 0.5) is 0 Å². The molecule has 196 valence electrons. The molecule has 0 amide bonds. The van der Waals surface area contributed by atoms with Crippen molar-refractivity contribution in [2.45, 2.75) is 129 Å². The Kier molecular flexibility index (Phi) is 4.20. The van der Waals surface area contributed by atoms with Crippen LogP contribution in [0.25, 0.3) is 0 Å². The SMILES string of the molecule is C[C@@H]1C[C@H]2O[C@]3(O[C@@H]2C(C)(C)O)C1[C@@]1(C)CC[C@@]24C[C@@]25CC[C@H](O)C(C)(C)C5CC=C4[C@]1(C)[C@H]3O. The summed E-state index contributed by atoms with van der Waals surface area (Å²) < 4.78 is 13.5. The van der Waals surface area contributed by atoms with Gasteiger partial charge in [0.25, 0.3) is 0 Å². The van der Waals surface area contributed by atoms with Crippen LogP contribution in [0, 0.1) is 44.8 Å². The summed E-state index contributed by atoms with van der Waals surface area (Å²) in [5, 5.41) is 34.3. The summed E-state index contributed by atoms with van der Waals surface area (Å²) in [6, 6.07) is 0. The summed E-state index contributed by atoms with van der Waals surface area (Å²) in [7, 11) is 0. The van der Waals surface area contributed by atoms with Gasteiger partial charge in [0.1, 0.15) is 12.2 Å². The topological polar surface area (TPSA) is 79.2 Å². The third-order valence-corrected chi connectivity index (χ3v) is 13.5. The molecule has 0 radical (unpaired) electrons. The number of fused-ring (bicyclic) bond motifs is 4. The maximum absolute atomic E-state index is 12.4. The molecule has 2 saturated heterocycles. The molecule has 7 aliphatic rings. The minimum Gasteiger partial charge on any atom is -0.393 e. The highest BCUT2D eigenvalue weighted by Gasteiger charge is 2.86. The Balaban J connectivity index is 1.37. The Morgan fingerprint density at radius 3 is 2.43 bits per heavy atom. The van der Waals surface area contributed by atoms with Crippen molar-refractivity contribution in [2.24, 2.45) is 44.8 Å². The van der Waals surface area contributed by atoms with Gasteiger partial charge in [-0.1, -0.05) is 46.3 Å². The molecule has 5 nitrogen and oxygen atoms in total. The molecule has 3 spiro atoms. The molecule has 2 aliphatic heterocycles. The minimum absolute atomic E-state index is 0.0776. The molecule has 7 rings (SSSR count). The largest absolute Gasteiger partial charge is 0.393 e. The summed E-state index contributed by atoms with van der Waals surface area (Å²) in [4.78, 5) is 0. The van der Waals surface area contributed by atoms with Gasteiger partial charge in [0, 0.05) is 11.3 Å². The first-order valence-electron chi connectivity index (χ1n) is 14.3. The van der Waals surface area contributed by atoms with Gasteiger partial charge in [0.2, 0.25) is 0 Å². The smallest absolute Gasteiger partial charge is 0.199 e. The number of hydrogen-bond donors (Lipinski definition) is 3. The maximum Gasteiger partial charge on any atom is 0.199 e. The van der Waals surface area contributed by atoms with Gasteiger partial charge in [-0.3, -0.25) is 0 Å². The van der Waals surface area contributed by atoms with E-state index in [9.17, 15) is 15.3 Å². The van der Waals surface area contributed by atoms with Gasteiger partial charge in [0.05, 0.1) is 17.8 Å². The zero-order valence-corrected chi connectivity index (χ0v) is 22.7. The summed E-state index contributed by atoms with van der Waals surface area (Å²) in [6.07, 6.45) is 8.17. The molecule has 0 aromatic rings. The zero-order valence-electron chi connectivity index (χ0n) is 22.7. The van der Waals surface area contributed by atoms with E-state index in [4.69, 9.17) is 9.47 Å². The summed E-state index contributed by atoms with van der Waals surface area (Å²) in [5.74, 6) is -0.111. The molecule has 12 atom stereocenters. The standard InChI is InChI=1S/C30H46O5/c1-16-14-17-22(25(4,5)33)35-30(34-17)21(16)26(6)12-13-29-15-28(29)11-10-20(31)24(2,3)18(28)8-9-19(29)27(26,7)23(30)32/h9,16-18,20-23,31-33H,8,10-15H2,1-7H3/t16-,17-,18?,20+,21?,22+,23-,26-,27-,28-,29+,30+/m1/s1. The lowest BCUT2D eigenvalue weighted by Gasteiger charge is -2.59. The van der Waals surface area contributed by atoms with E-state index in [2.05, 4.69) is 40.7 Å². The fraction of sp³-hybridized carbons (Fsp3) is 0.933. The predicted molar refractivity (Wildman–Crippen MR) is 132 cm³/mol. The van der Waals surface area contributed by atoms with Crippen molar-refractivity contribution in [1.82, 2.24) is 0 Å². The maximum atomic E-state index is 12.4. The molecular formula is C30H46O5. The fourth-order valence-corrected chi connectivity index (χ4v) is 11.8. The molecule has 4 saturated carbocycles. The molecule has 2 heterocycles. The molecule has 0 aromatic carbocycles. The highest BCUT2D eigenvalue weighted by molar-refractivity contribution is 5.48. The minimum atomic E-state index is -1.05. The summed E-state index contributed by atoms with van der Waals surface area (Å²) in [5.41, 5.74) is 0.212. The molecule has 2 bridgehead atoms. The van der Waals surface area contributed by atoms with Gasteiger partial charge < -0.3 is 24.8 Å². The molecule has 2 unspecified atom stereocenters. The van der Waals surface area contributed by atoms with Crippen molar-refractivity contribution >= 4 is 0 Å². The predicted octanol–water partition coefficient (Wildman–Crippen LogP) is 4.58. The zero-order chi connectivity index (χ0) is 25.2. The van der Waals surface area contributed by atoms with Gasteiger partial charge in [-0.05, 0) is 92.3 Å². The van der Waals surface area contributed by atoms with Gasteiger partial charge in [-0.15, -0.1) is 0 Å². The Morgan fingerprint density at radius 2 is 1.74 bits per heavy atom. The van der Waals surface area contributed by atoms with Crippen molar-refractivity contribution < 1.29 is 24.8 Å². The number of hydrogen-bond acceptors (Lipinski definition) is 5. The molecule has 0 aromatic heterocycles. The third-order valence-electron chi connectivity index (χ3n) is 13.5. The molecular weight excluding hydrogens is 440 g/mol. The van der Waals surface area contributed by atoms with Crippen LogP contribution in [-0.2, 0) is 9.47 Å². The van der Waals surface area contributed by atoms with Crippen molar-refractivity contribution in [2.75, 3.05) is 0 Å². The number of ether oxygens (including phenoxy) is 2. The van der Waals surface area contributed by atoms with Crippen molar-refractivity contribution in [3.63, 3.8) is 0 Å². The first kappa shape index (κ1) is 23.6. The molecule has 5 heteroatoms. The van der Waals surface area contributed by atoms with Crippen LogP contribution in [-0.4, -0.2) is 51.1 Å². The lowest BCUT2D eigenvalue weighted by molar-refractivity contribution is -0.279. The monoisotopic (exact) mass is 486 g/mol. The van der Waals surface area contributed by atoms with E-state index in [0.717, 1.165) is 38.5 Å². The van der Waals surface area contributed by atoms with Crippen molar-refractivity contribution in [1.29, 1.82) is 0 Å². The van der Waals surface area contributed by atoms with Crippen LogP contribution in [0.1, 0.15) is 93.4 Å². The van der Waals surface area contributed by atoms with E-state index in [0.29, 0.717) is 11.8 Å². The lowest BCUT2D eigenvalue weighted by atomic mass is 9.44.